The molecule has 0 bridgehead atoms. The van der Waals surface area contributed by atoms with Gasteiger partial charge in [-0.1, -0.05) is 0 Å². The summed E-state index contributed by atoms with van der Waals surface area (Å²) in [4.78, 5) is 13.6. The third-order valence-corrected chi connectivity index (χ3v) is 3.65. The zero-order valence-corrected chi connectivity index (χ0v) is 12.4. The van der Waals surface area contributed by atoms with Crippen molar-refractivity contribution in [2.75, 3.05) is 27.2 Å². The van der Waals surface area contributed by atoms with E-state index in [2.05, 4.69) is 17.3 Å². The maximum Gasteiger partial charge on any atom is 0.286 e. The van der Waals surface area contributed by atoms with Crippen LogP contribution in [0.4, 0.5) is 0 Å². The van der Waals surface area contributed by atoms with Gasteiger partial charge in [-0.05, 0) is 44.9 Å². The van der Waals surface area contributed by atoms with E-state index in [9.17, 15) is 4.79 Å². The second kappa shape index (κ2) is 7.45. The van der Waals surface area contributed by atoms with Crippen LogP contribution in [0.3, 0.4) is 0 Å². The first-order chi connectivity index (χ1) is 9.69. The van der Waals surface area contributed by atoms with Crippen molar-refractivity contribution in [2.45, 2.75) is 38.3 Å². The normalized spacial score (nSPS) is 19.2. The predicted octanol–water partition coefficient (Wildman–Crippen LogP) is 2.03. The highest BCUT2D eigenvalue weighted by molar-refractivity contribution is 5.91. The molecular weight excluding hydrogens is 256 g/mol. The van der Waals surface area contributed by atoms with Gasteiger partial charge in [-0.2, -0.15) is 0 Å². The van der Waals surface area contributed by atoms with Crippen molar-refractivity contribution < 1.29 is 13.9 Å². The summed E-state index contributed by atoms with van der Waals surface area (Å²) >= 11 is 0. The number of ether oxygens (including phenoxy) is 1. The van der Waals surface area contributed by atoms with Gasteiger partial charge in [0.1, 0.15) is 5.76 Å². The molecule has 2 heterocycles. The highest BCUT2D eigenvalue weighted by Crippen LogP contribution is 2.16. The van der Waals surface area contributed by atoms with Gasteiger partial charge in [-0.3, -0.25) is 9.69 Å². The van der Waals surface area contributed by atoms with E-state index in [0.717, 1.165) is 25.3 Å². The molecule has 0 radical (unpaired) electrons. The predicted molar refractivity (Wildman–Crippen MR) is 76.6 cm³/mol. The van der Waals surface area contributed by atoms with E-state index >= 15 is 0 Å². The Morgan fingerprint density at radius 3 is 3.00 bits per heavy atom. The van der Waals surface area contributed by atoms with Gasteiger partial charge in [0.05, 0.1) is 12.6 Å². The Labute approximate surface area is 120 Å². The lowest BCUT2D eigenvalue weighted by molar-refractivity contribution is 0.00615. The Kier molecular flexibility index (Phi) is 5.61. The highest BCUT2D eigenvalue weighted by atomic mass is 16.5. The number of hydrogen-bond donors (Lipinski definition) is 1. The second-order valence-electron chi connectivity index (χ2n) is 5.36. The smallest absolute Gasteiger partial charge is 0.286 e. The summed E-state index contributed by atoms with van der Waals surface area (Å²) in [5.41, 5.74) is 0. The summed E-state index contributed by atoms with van der Waals surface area (Å²) in [7, 11) is 3.66. The van der Waals surface area contributed by atoms with Crippen LogP contribution in [-0.2, 0) is 11.3 Å². The fourth-order valence-electron chi connectivity index (χ4n) is 2.45. The van der Waals surface area contributed by atoms with Gasteiger partial charge in [0, 0.05) is 20.2 Å². The molecule has 1 saturated heterocycles. The summed E-state index contributed by atoms with van der Waals surface area (Å²) in [5.74, 6) is 0.997. The van der Waals surface area contributed by atoms with Crippen molar-refractivity contribution in [3.05, 3.63) is 23.7 Å². The third kappa shape index (κ3) is 4.35. The number of hydrogen-bond acceptors (Lipinski definition) is 4. The molecule has 1 aromatic rings. The Morgan fingerprint density at radius 2 is 2.30 bits per heavy atom. The molecule has 1 aliphatic heterocycles. The van der Waals surface area contributed by atoms with E-state index in [1.54, 1.807) is 13.1 Å². The fourth-order valence-corrected chi connectivity index (χ4v) is 2.45. The maximum absolute atomic E-state index is 11.4. The van der Waals surface area contributed by atoms with E-state index in [1.807, 2.05) is 6.07 Å². The van der Waals surface area contributed by atoms with E-state index in [-0.39, 0.29) is 5.91 Å². The number of carbonyl (C=O) groups excluding carboxylic acids is 1. The third-order valence-electron chi connectivity index (χ3n) is 3.65. The van der Waals surface area contributed by atoms with Gasteiger partial charge < -0.3 is 14.5 Å². The Hall–Kier alpha value is -1.33. The van der Waals surface area contributed by atoms with E-state index < -0.39 is 0 Å². The first kappa shape index (κ1) is 15.1. The number of amides is 1. The molecule has 1 unspecified atom stereocenters. The molecule has 1 N–H and O–H groups in total. The molecule has 0 saturated carbocycles. The standard InChI is InChI=1S/C15H24N2O3/c1-16-15(18)14-7-6-13(20-14)11-17(2)9-8-12-5-3-4-10-19-12/h6-7,12H,3-5,8-11H2,1-2H3,(H,16,18). The number of furan rings is 1. The fraction of sp³-hybridized carbons (Fsp3) is 0.667. The van der Waals surface area contributed by atoms with Crippen molar-refractivity contribution in [1.29, 1.82) is 0 Å². The maximum atomic E-state index is 11.4. The quantitative estimate of drug-likeness (QED) is 0.866. The van der Waals surface area contributed by atoms with Crippen LogP contribution in [0.2, 0.25) is 0 Å². The molecule has 1 aliphatic rings. The van der Waals surface area contributed by atoms with Gasteiger partial charge >= 0.3 is 0 Å². The van der Waals surface area contributed by atoms with Crippen LogP contribution in [0.1, 0.15) is 42.0 Å². The first-order valence-corrected chi connectivity index (χ1v) is 7.30. The number of rotatable bonds is 6. The molecule has 5 heteroatoms. The van der Waals surface area contributed by atoms with Gasteiger partial charge in [-0.15, -0.1) is 0 Å². The lowest BCUT2D eigenvalue weighted by Gasteiger charge is -2.24. The van der Waals surface area contributed by atoms with Crippen molar-refractivity contribution in [1.82, 2.24) is 10.2 Å². The lowest BCUT2D eigenvalue weighted by atomic mass is 10.1. The minimum atomic E-state index is -0.186. The molecule has 0 spiro atoms. The molecule has 1 fully saturated rings. The van der Waals surface area contributed by atoms with Crippen LogP contribution < -0.4 is 5.32 Å². The number of nitrogens with one attached hydrogen (secondary N) is 1. The van der Waals surface area contributed by atoms with Crippen LogP contribution >= 0.6 is 0 Å². The number of nitrogens with zero attached hydrogens (tertiary/aromatic N) is 1. The van der Waals surface area contributed by atoms with Crippen LogP contribution in [-0.4, -0.2) is 44.2 Å². The van der Waals surface area contributed by atoms with Gasteiger partial charge in [0.2, 0.25) is 0 Å². The summed E-state index contributed by atoms with van der Waals surface area (Å²) in [6.07, 6.45) is 5.11. The molecule has 1 aromatic heterocycles. The molecule has 5 nitrogen and oxygen atoms in total. The molecule has 0 aromatic carbocycles. The first-order valence-electron chi connectivity index (χ1n) is 7.30. The Morgan fingerprint density at radius 1 is 1.45 bits per heavy atom. The minimum absolute atomic E-state index is 0.186. The average Bonchev–Trinajstić information content (AvgIpc) is 2.94. The average molecular weight is 280 g/mol. The van der Waals surface area contributed by atoms with Crippen molar-refractivity contribution in [2.24, 2.45) is 0 Å². The summed E-state index contributed by atoms with van der Waals surface area (Å²) in [6.45, 7) is 2.59. The van der Waals surface area contributed by atoms with E-state index in [4.69, 9.17) is 9.15 Å². The number of carbonyl (C=O) groups is 1. The Bertz CT molecular complexity index is 425. The van der Waals surface area contributed by atoms with Crippen LogP contribution in [0.25, 0.3) is 0 Å². The van der Waals surface area contributed by atoms with Gasteiger partial charge in [0.25, 0.3) is 5.91 Å². The molecule has 1 amide bonds. The van der Waals surface area contributed by atoms with Crippen molar-refractivity contribution >= 4 is 5.91 Å². The zero-order valence-electron chi connectivity index (χ0n) is 12.4. The summed E-state index contributed by atoms with van der Waals surface area (Å²) in [6, 6.07) is 3.57. The van der Waals surface area contributed by atoms with Gasteiger partial charge in [0.15, 0.2) is 5.76 Å². The monoisotopic (exact) mass is 280 g/mol. The lowest BCUT2D eigenvalue weighted by Crippen LogP contribution is -2.26. The van der Waals surface area contributed by atoms with E-state index in [0.29, 0.717) is 18.4 Å². The molecule has 0 aliphatic carbocycles. The molecular formula is C15H24N2O3. The molecule has 2 rings (SSSR count). The minimum Gasteiger partial charge on any atom is -0.455 e. The molecule has 20 heavy (non-hydrogen) atoms. The van der Waals surface area contributed by atoms with Crippen LogP contribution in [0.5, 0.6) is 0 Å². The van der Waals surface area contributed by atoms with Crippen LogP contribution in [0, 0.1) is 0 Å². The van der Waals surface area contributed by atoms with Gasteiger partial charge in [-0.25, -0.2) is 0 Å². The highest BCUT2D eigenvalue weighted by Gasteiger charge is 2.15. The van der Waals surface area contributed by atoms with Crippen molar-refractivity contribution in [3.63, 3.8) is 0 Å². The summed E-state index contributed by atoms with van der Waals surface area (Å²) in [5, 5.41) is 2.55. The zero-order chi connectivity index (χ0) is 14.4. The van der Waals surface area contributed by atoms with Crippen molar-refractivity contribution in [3.8, 4) is 0 Å². The second-order valence-corrected chi connectivity index (χ2v) is 5.36. The SMILES string of the molecule is CNC(=O)c1ccc(CN(C)CCC2CCCCO2)o1. The largest absolute Gasteiger partial charge is 0.455 e. The topological polar surface area (TPSA) is 54.7 Å². The van der Waals surface area contributed by atoms with Crippen LogP contribution in [0.15, 0.2) is 16.5 Å². The molecule has 1 atom stereocenters. The Balaban J connectivity index is 1.74. The van der Waals surface area contributed by atoms with E-state index in [1.165, 1.54) is 19.3 Å². The summed E-state index contributed by atoms with van der Waals surface area (Å²) < 4.78 is 11.2. The molecule has 112 valence electrons.